The summed E-state index contributed by atoms with van der Waals surface area (Å²) in [5.41, 5.74) is 2.93. The monoisotopic (exact) mass is 444 g/mol. The minimum absolute atomic E-state index is 0.0736. The van der Waals surface area contributed by atoms with E-state index in [-0.39, 0.29) is 5.91 Å². The second-order valence-electron chi connectivity index (χ2n) is 7.18. The Kier molecular flexibility index (Phi) is 6.92. The van der Waals surface area contributed by atoms with Gasteiger partial charge in [-0.05, 0) is 47.2 Å². The van der Waals surface area contributed by atoms with Crippen LogP contribution in [0, 0.1) is 0 Å². The number of amides is 1. The maximum atomic E-state index is 13.4. The summed E-state index contributed by atoms with van der Waals surface area (Å²) < 4.78 is 10.8. The largest absolute Gasteiger partial charge is 0.497 e. The first kappa shape index (κ1) is 21.7. The van der Waals surface area contributed by atoms with Gasteiger partial charge in [0.05, 0.1) is 32.2 Å². The van der Waals surface area contributed by atoms with E-state index < -0.39 is 0 Å². The third-order valence-corrected chi connectivity index (χ3v) is 6.08. The first-order valence-corrected chi connectivity index (χ1v) is 11.1. The van der Waals surface area contributed by atoms with E-state index in [0.29, 0.717) is 34.7 Å². The minimum Gasteiger partial charge on any atom is -0.497 e. The van der Waals surface area contributed by atoms with Gasteiger partial charge in [0.1, 0.15) is 11.5 Å². The number of nitrogens with zero attached hydrogens (tertiary/aromatic N) is 2. The lowest BCUT2D eigenvalue weighted by atomic mass is 10.1. The molecular weight excluding hydrogens is 420 g/mol. The van der Waals surface area contributed by atoms with Gasteiger partial charge in [-0.3, -0.25) is 14.7 Å². The van der Waals surface area contributed by atoms with Crippen molar-refractivity contribution in [3.63, 3.8) is 0 Å². The molecule has 1 heterocycles. The van der Waals surface area contributed by atoms with Crippen LogP contribution in [0.1, 0.15) is 16.7 Å². The van der Waals surface area contributed by atoms with Gasteiger partial charge >= 0.3 is 0 Å². The van der Waals surface area contributed by atoms with Crippen LogP contribution in [-0.2, 0) is 17.9 Å². The number of ether oxygens (including phenoxy) is 2. The van der Waals surface area contributed by atoms with E-state index in [4.69, 9.17) is 14.5 Å². The predicted molar refractivity (Wildman–Crippen MR) is 130 cm³/mol. The van der Waals surface area contributed by atoms with E-state index in [1.807, 2.05) is 84.9 Å². The molecule has 0 aliphatic carbocycles. The van der Waals surface area contributed by atoms with E-state index in [9.17, 15) is 4.79 Å². The van der Waals surface area contributed by atoms with Crippen LogP contribution in [0.25, 0.3) is 6.08 Å². The molecule has 0 N–H and O–H groups in total. The normalized spacial score (nSPS) is 16.1. The van der Waals surface area contributed by atoms with Gasteiger partial charge in [-0.15, -0.1) is 0 Å². The Labute approximate surface area is 192 Å². The molecule has 0 aromatic heterocycles. The Morgan fingerprint density at radius 2 is 1.59 bits per heavy atom. The molecular formula is C26H24N2O3S. The van der Waals surface area contributed by atoms with Gasteiger partial charge in [-0.25, -0.2) is 0 Å². The highest BCUT2D eigenvalue weighted by Gasteiger charge is 2.33. The molecule has 0 radical (unpaired) electrons. The molecule has 3 aromatic carbocycles. The Morgan fingerprint density at radius 3 is 2.25 bits per heavy atom. The Balaban J connectivity index is 1.67. The van der Waals surface area contributed by atoms with Crippen molar-refractivity contribution < 1.29 is 14.3 Å². The third kappa shape index (κ3) is 5.03. The SMILES string of the molecule is COc1ccc(OC)c(/C=C2\SC(=NCc3ccccc3)N(Cc3ccccc3)C2=O)c1. The number of hydrogen-bond acceptors (Lipinski definition) is 5. The van der Waals surface area contributed by atoms with Gasteiger partial charge in [-0.2, -0.15) is 0 Å². The summed E-state index contributed by atoms with van der Waals surface area (Å²) in [5, 5.41) is 0.691. The van der Waals surface area contributed by atoms with Crippen molar-refractivity contribution in [1.29, 1.82) is 0 Å². The summed E-state index contributed by atoms with van der Waals surface area (Å²) in [6.07, 6.45) is 1.84. The van der Waals surface area contributed by atoms with Crippen molar-refractivity contribution in [1.82, 2.24) is 4.90 Å². The van der Waals surface area contributed by atoms with E-state index in [1.54, 1.807) is 19.1 Å². The molecule has 1 aliphatic rings. The molecule has 4 rings (SSSR count). The van der Waals surface area contributed by atoms with Crippen molar-refractivity contribution in [2.75, 3.05) is 14.2 Å². The van der Waals surface area contributed by atoms with Crippen LogP contribution in [0.5, 0.6) is 11.5 Å². The molecule has 0 unspecified atom stereocenters. The van der Waals surface area contributed by atoms with E-state index in [1.165, 1.54) is 11.8 Å². The van der Waals surface area contributed by atoms with Crippen LogP contribution in [0.15, 0.2) is 88.8 Å². The van der Waals surface area contributed by atoms with Gasteiger partial charge in [-0.1, -0.05) is 60.7 Å². The molecule has 0 spiro atoms. The molecule has 3 aromatic rings. The molecule has 1 saturated heterocycles. The second-order valence-corrected chi connectivity index (χ2v) is 8.19. The summed E-state index contributed by atoms with van der Waals surface area (Å²) in [7, 11) is 3.23. The highest BCUT2D eigenvalue weighted by molar-refractivity contribution is 8.18. The van der Waals surface area contributed by atoms with Crippen molar-refractivity contribution >= 4 is 28.9 Å². The van der Waals surface area contributed by atoms with Crippen LogP contribution in [0.3, 0.4) is 0 Å². The molecule has 32 heavy (non-hydrogen) atoms. The fourth-order valence-electron chi connectivity index (χ4n) is 3.37. The summed E-state index contributed by atoms with van der Waals surface area (Å²) in [6, 6.07) is 25.5. The number of carbonyl (C=O) groups excluding carboxylic acids is 1. The summed E-state index contributed by atoms with van der Waals surface area (Å²) in [4.78, 5) is 20.5. The number of benzene rings is 3. The number of methoxy groups -OCH3 is 2. The Hall–Kier alpha value is -3.51. The van der Waals surface area contributed by atoms with E-state index in [2.05, 4.69) is 0 Å². The minimum atomic E-state index is -0.0736. The third-order valence-electron chi connectivity index (χ3n) is 5.03. The number of hydrogen-bond donors (Lipinski definition) is 0. The highest BCUT2D eigenvalue weighted by atomic mass is 32.2. The number of amidine groups is 1. The van der Waals surface area contributed by atoms with E-state index in [0.717, 1.165) is 16.7 Å². The molecule has 1 fully saturated rings. The van der Waals surface area contributed by atoms with Crippen LogP contribution >= 0.6 is 11.8 Å². The summed E-state index contributed by atoms with van der Waals surface area (Å²) in [6.45, 7) is 0.977. The smallest absolute Gasteiger partial charge is 0.267 e. The lowest BCUT2D eigenvalue weighted by Gasteiger charge is -2.15. The van der Waals surface area contributed by atoms with Gasteiger partial charge in [0.25, 0.3) is 5.91 Å². The van der Waals surface area contributed by atoms with Crippen molar-refractivity contribution in [2.24, 2.45) is 4.99 Å². The quantitative estimate of drug-likeness (QED) is 0.459. The maximum absolute atomic E-state index is 13.4. The van der Waals surface area contributed by atoms with Crippen LogP contribution in [0.2, 0.25) is 0 Å². The zero-order valence-electron chi connectivity index (χ0n) is 18.0. The van der Waals surface area contributed by atoms with Gasteiger partial charge < -0.3 is 9.47 Å². The molecule has 162 valence electrons. The number of aliphatic imine (C=N–C) groups is 1. The van der Waals surface area contributed by atoms with Crippen molar-refractivity contribution in [3.8, 4) is 11.5 Å². The fraction of sp³-hybridized carbons (Fsp3) is 0.154. The topological polar surface area (TPSA) is 51.1 Å². The standard InChI is InChI=1S/C26H24N2O3S/c1-30-22-13-14-23(31-2)21(15-22)16-24-25(29)28(18-20-11-7-4-8-12-20)26(32-24)27-17-19-9-5-3-6-10-19/h3-16H,17-18H2,1-2H3/b24-16-,27-26?. The number of rotatable bonds is 7. The molecule has 0 bridgehead atoms. The lowest BCUT2D eigenvalue weighted by molar-refractivity contribution is -0.122. The van der Waals surface area contributed by atoms with Crippen molar-refractivity contribution in [2.45, 2.75) is 13.1 Å². The maximum Gasteiger partial charge on any atom is 0.267 e. The first-order chi connectivity index (χ1) is 15.7. The average molecular weight is 445 g/mol. The molecule has 5 nitrogen and oxygen atoms in total. The predicted octanol–water partition coefficient (Wildman–Crippen LogP) is 5.38. The molecule has 1 aliphatic heterocycles. The summed E-state index contributed by atoms with van der Waals surface area (Å²) in [5.74, 6) is 1.30. The molecule has 0 saturated carbocycles. The molecule has 6 heteroatoms. The number of thioether (sulfide) groups is 1. The highest BCUT2D eigenvalue weighted by Crippen LogP contribution is 2.36. The first-order valence-electron chi connectivity index (χ1n) is 10.2. The molecule has 1 amide bonds. The summed E-state index contributed by atoms with van der Waals surface area (Å²) >= 11 is 1.38. The zero-order chi connectivity index (χ0) is 22.3. The molecule has 0 atom stereocenters. The van der Waals surface area contributed by atoms with Gasteiger partial charge in [0.15, 0.2) is 5.17 Å². The van der Waals surface area contributed by atoms with Gasteiger partial charge in [0.2, 0.25) is 0 Å². The fourth-order valence-corrected chi connectivity index (χ4v) is 4.33. The van der Waals surface area contributed by atoms with Gasteiger partial charge in [0, 0.05) is 5.56 Å². The second kappa shape index (κ2) is 10.2. The zero-order valence-corrected chi connectivity index (χ0v) is 18.8. The van der Waals surface area contributed by atoms with Crippen LogP contribution < -0.4 is 9.47 Å². The Morgan fingerprint density at radius 1 is 0.906 bits per heavy atom. The average Bonchev–Trinajstić information content (AvgIpc) is 3.13. The Bertz CT molecular complexity index is 1140. The van der Waals surface area contributed by atoms with Crippen LogP contribution in [0.4, 0.5) is 0 Å². The van der Waals surface area contributed by atoms with Crippen LogP contribution in [-0.4, -0.2) is 30.2 Å². The number of carbonyl (C=O) groups is 1. The lowest BCUT2D eigenvalue weighted by Crippen LogP contribution is -2.28. The van der Waals surface area contributed by atoms with Crippen molar-refractivity contribution in [3.05, 3.63) is 100 Å². The van der Waals surface area contributed by atoms with E-state index >= 15 is 0 Å².